The van der Waals surface area contributed by atoms with Gasteiger partial charge in [-0.2, -0.15) is 0 Å². The molecule has 0 spiro atoms. The number of unbranched alkanes of at least 4 members (excludes halogenated alkanes) is 9. The van der Waals surface area contributed by atoms with Crippen LogP contribution in [0.4, 0.5) is 11.4 Å². The van der Waals surface area contributed by atoms with Gasteiger partial charge in [0.2, 0.25) is 0 Å². The molecule has 0 saturated heterocycles. The second kappa shape index (κ2) is 20.9. The van der Waals surface area contributed by atoms with E-state index in [0.29, 0.717) is 0 Å². The molecule has 3 aromatic carbocycles. The second-order valence-corrected chi connectivity index (χ2v) is 12.5. The van der Waals surface area contributed by atoms with Crippen LogP contribution in [0.1, 0.15) is 140 Å². The Labute approximate surface area is 270 Å². The lowest BCUT2D eigenvalue weighted by Gasteiger charge is -2.17. The number of hydrogen-bond acceptors (Lipinski definition) is 2. The molecule has 0 aliphatic rings. The lowest BCUT2D eigenvalue weighted by atomic mass is 9.89. The fraction of sp³-hybridized carbons (Fsp3) is 0.524. The average Bonchev–Trinajstić information content (AvgIpc) is 3.06. The topological polar surface area (TPSA) is 24.7 Å². The second-order valence-electron chi connectivity index (χ2n) is 12.5. The number of nitrogens with zero attached hydrogens (tertiary/aromatic N) is 2. The molecule has 0 unspecified atom stereocenters. The van der Waals surface area contributed by atoms with Gasteiger partial charge in [0.05, 0.1) is 17.1 Å². The maximum Gasteiger partial charge on any atom is 0.0639 e. The molecule has 2 heteroatoms. The molecule has 44 heavy (non-hydrogen) atoms. The van der Waals surface area contributed by atoms with Gasteiger partial charge in [-0.3, -0.25) is 9.98 Å². The van der Waals surface area contributed by atoms with Crippen LogP contribution in [-0.4, -0.2) is 11.9 Å². The Morgan fingerprint density at radius 3 is 1.95 bits per heavy atom. The van der Waals surface area contributed by atoms with Crippen LogP contribution in [0, 0.1) is 0 Å². The summed E-state index contributed by atoms with van der Waals surface area (Å²) < 4.78 is 0. The molecule has 0 saturated carbocycles. The van der Waals surface area contributed by atoms with Crippen LogP contribution in [0.5, 0.6) is 0 Å². The molecule has 3 aromatic rings. The van der Waals surface area contributed by atoms with Gasteiger partial charge in [0.25, 0.3) is 0 Å². The zero-order valence-corrected chi connectivity index (χ0v) is 28.8. The van der Waals surface area contributed by atoms with Crippen molar-refractivity contribution in [2.24, 2.45) is 9.98 Å². The number of aryl methyl sites for hydroxylation is 3. The largest absolute Gasteiger partial charge is 0.255 e. The summed E-state index contributed by atoms with van der Waals surface area (Å²) in [6.45, 7) is 11.3. The van der Waals surface area contributed by atoms with Gasteiger partial charge in [0.1, 0.15) is 0 Å². The van der Waals surface area contributed by atoms with Crippen molar-refractivity contribution >= 4 is 23.3 Å². The van der Waals surface area contributed by atoms with Crippen molar-refractivity contribution in [1.29, 1.82) is 0 Å². The summed E-state index contributed by atoms with van der Waals surface area (Å²) in [6, 6.07) is 22.6. The highest BCUT2D eigenvalue weighted by Gasteiger charge is 2.13. The highest BCUT2D eigenvalue weighted by molar-refractivity contribution is 6.31. The first-order valence-corrected chi connectivity index (χ1v) is 18.1. The molecule has 0 fully saturated rings. The standard InChI is InChI=1S/C42H60N2/c1-6-11-14-16-17-20-26-37-31-39(32-42(41(37)27-13-8-3)36-24-21-18-22-25-36)43-33-38(10-5)44-40-29-34(9-4)28-35(30-40)23-19-15-12-7-2/h18,21-22,24-25,28-33H,6-17,19-20,23,26-27H2,1-5H3. The summed E-state index contributed by atoms with van der Waals surface area (Å²) in [4.78, 5) is 10.2. The molecule has 0 aliphatic carbocycles. The SMILES string of the molecule is CCCCCCCCc1cc(N=CC(CC)=Nc2cc(CC)cc(CCCCCC)c2)cc(-c2ccccc2)c1CCCC. The lowest BCUT2D eigenvalue weighted by molar-refractivity contribution is 0.606. The van der Waals surface area contributed by atoms with Crippen LogP contribution in [-0.2, 0) is 25.7 Å². The van der Waals surface area contributed by atoms with Gasteiger partial charge >= 0.3 is 0 Å². The molecule has 238 valence electrons. The minimum absolute atomic E-state index is 0.858. The van der Waals surface area contributed by atoms with E-state index < -0.39 is 0 Å². The first kappa shape index (κ1) is 35.5. The Morgan fingerprint density at radius 2 is 1.25 bits per heavy atom. The van der Waals surface area contributed by atoms with Gasteiger partial charge in [-0.05, 0) is 109 Å². The molecule has 0 radical (unpaired) electrons. The third-order valence-electron chi connectivity index (χ3n) is 8.75. The van der Waals surface area contributed by atoms with E-state index >= 15 is 0 Å². The molecule has 3 rings (SSSR count). The van der Waals surface area contributed by atoms with Gasteiger partial charge < -0.3 is 0 Å². The third-order valence-corrected chi connectivity index (χ3v) is 8.75. The summed E-state index contributed by atoms with van der Waals surface area (Å²) >= 11 is 0. The van der Waals surface area contributed by atoms with E-state index in [2.05, 4.69) is 95.3 Å². The quantitative estimate of drug-likeness (QED) is 0.0868. The van der Waals surface area contributed by atoms with Crippen molar-refractivity contribution in [3.8, 4) is 11.1 Å². The van der Waals surface area contributed by atoms with Gasteiger partial charge in [0.15, 0.2) is 0 Å². The predicted molar refractivity (Wildman–Crippen MR) is 197 cm³/mol. The van der Waals surface area contributed by atoms with Crippen LogP contribution in [0.25, 0.3) is 11.1 Å². The van der Waals surface area contributed by atoms with E-state index in [4.69, 9.17) is 9.98 Å². The fourth-order valence-electron chi connectivity index (χ4n) is 6.06. The first-order valence-electron chi connectivity index (χ1n) is 18.1. The van der Waals surface area contributed by atoms with Crippen LogP contribution in [0.15, 0.2) is 70.6 Å². The average molecular weight is 593 g/mol. The maximum atomic E-state index is 5.12. The third kappa shape index (κ3) is 12.2. The number of hydrogen-bond donors (Lipinski definition) is 0. The Bertz CT molecular complexity index is 1280. The predicted octanol–water partition coefficient (Wildman–Crippen LogP) is 13.2. The lowest BCUT2D eigenvalue weighted by Crippen LogP contribution is -2.00. The number of rotatable bonds is 21. The van der Waals surface area contributed by atoms with E-state index in [1.54, 1.807) is 0 Å². The molecule has 0 heterocycles. The zero-order chi connectivity index (χ0) is 31.4. The van der Waals surface area contributed by atoms with Gasteiger partial charge in [-0.1, -0.05) is 129 Å². The van der Waals surface area contributed by atoms with E-state index in [0.717, 1.165) is 49.2 Å². The first-order chi connectivity index (χ1) is 21.6. The Balaban J connectivity index is 1.93. The van der Waals surface area contributed by atoms with Gasteiger partial charge in [0, 0.05) is 6.21 Å². The molecular weight excluding hydrogens is 532 g/mol. The van der Waals surface area contributed by atoms with Crippen LogP contribution >= 0.6 is 0 Å². The van der Waals surface area contributed by atoms with Crippen molar-refractivity contribution in [1.82, 2.24) is 0 Å². The van der Waals surface area contributed by atoms with Crippen molar-refractivity contribution < 1.29 is 0 Å². The molecule has 0 aromatic heterocycles. The molecule has 0 atom stereocenters. The monoisotopic (exact) mass is 592 g/mol. The summed E-state index contributed by atoms with van der Waals surface area (Å²) in [5.74, 6) is 0. The molecule has 0 N–H and O–H groups in total. The summed E-state index contributed by atoms with van der Waals surface area (Å²) in [5, 5.41) is 0. The van der Waals surface area contributed by atoms with Crippen LogP contribution in [0.2, 0.25) is 0 Å². The number of aliphatic imine (C=N–C) groups is 2. The van der Waals surface area contributed by atoms with E-state index in [-0.39, 0.29) is 0 Å². The van der Waals surface area contributed by atoms with E-state index in [9.17, 15) is 0 Å². The van der Waals surface area contributed by atoms with Crippen molar-refractivity contribution in [2.45, 2.75) is 144 Å². The zero-order valence-electron chi connectivity index (χ0n) is 28.8. The summed E-state index contributed by atoms with van der Waals surface area (Å²) in [7, 11) is 0. The maximum absolute atomic E-state index is 5.12. The highest BCUT2D eigenvalue weighted by Crippen LogP contribution is 2.34. The Morgan fingerprint density at radius 1 is 0.591 bits per heavy atom. The minimum Gasteiger partial charge on any atom is -0.255 e. The van der Waals surface area contributed by atoms with Crippen molar-refractivity contribution in [2.75, 3.05) is 0 Å². The smallest absolute Gasteiger partial charge is 0.0639 e. The van der Waals surface area contributed by atoms with Crippen LogP contribution < -0.4 is 0 Å². The van der Waals surface area contributed by atoms with E-state index in [1.807, 2.05) is 6.21 Å². The fourth-order valence-corrected chi connectivity index (χ4v) is 6.06. The molecule has 2 nitrogen and oxygen atoms in total. The van der Waals surface area contributed by atoms with Gasteiger partial charge in [-0.15, -0.1) is 0 Å². The minimum atomic E-state index is 0.858. The summed E-state index contributed by atoms with van der Waals surface area (Å²) in [6.07, 6.45) is 22.8. The van der Waals surface area contributed by atoms with Crippen LogP contribution in [0.3, 0.4) is 0 Å². The Kier molecular flexibility index (Phi) is 16.8. The van der Waals surface area contributed by atoms with Crippen molar-refractivity contribution in [3.63, 3.8) is 0 Å². The Hall–Kier alpha value is -3.00. The van der Waals surface area contributed by atoms with Gasteiger partial charge in [-0.25, -0.2) is 0 Å². The molecule has 0 aliphatic heterocycles. The highest BCUT2D eigenvalue weighted by atomic mass is 14.8. The number of benzene rings is 3. The van der Waals surface area contributed by atoms with Crippen molar-refractivity contribution in [3.05, 3.63) is 82.9 Å². The molecule has 0 bridgehead atoms. The molecular formula is C42H60N2. The molecule has 0 amide bonds. The summed E-state index contributed by atoms with van der Waals surface area (Å²) in [5.41, 5.74) is 11.6. The normalized spacial score (nSPS) is 12.0. The van der Waals surface area contributed by atoms with E-state index in [1.165, 1.54) is 110 Å².